The number of aliphatic hydroxyl groups is 1. The van der Waals surface area contributed by atoms with E-state index >= 15 is 0 Å². The molecule has 0 aliphatic heterocycles. The fourth-order valence-corrected chi connectivity index (χ4v) is 0.539. The minimum Gasteiger partial charge on any atom is -0.652 e. The van der Waals surface area contributed by atoms with E-state index in [-0.39, 0.29) is 0 Å². The van der Waals surface area contributed by atoms with Crippen LogP contribution in [0.4, 0.5) is 4.79 Å². The lowest BCUT2D eigenvalue weighted by Crippen LogP contribution is -2.37. The molecule has 0 unspecified atom stereocenters. The van der Waals surface area contributed by atoms with Crippen molar-refractivity contribution in [3.8, 4) is 0 Å². The van der Waals surface area contributed by atoms with Gasteiger partial charge in [0.1, 0.15) is 0 Å². The van der Waals surface area contributed by atoms with Crippen molar-refractivity contribution in [2.75, 3.05) is 6.61 Å². The molecule has 0 amide bonds. The summed E-state index contributed by atoms with van der Waals surface area (Å²) in [6, 6.07) is 0. The first-order valence-corrected chi connectivity index (χ1v) is 3.64. The largest absolute Gasteiger partial charge is 0.652 e. The molecule has 0 spiro atoms. The van der Waals surface area contributed by atoms with Crippen molar-refractivity contribution < 1.29 is 20.1 Å². The molecule has 0 aromatic heterocycles. The van der Waals surface area contributed by atoms with Gasteiger partial charge in [-0.2, -0.15) is 0 Å². The van der Waals surface area contributed by atoms with Crippen LogP contribution in [0, 0.1) is 0 Å². The highest BCUT2D eigenvalue weighted by Crippen LogP contribution is 1.95. The molecule has 0 aliphatic rings. The Bertz CT molecular complexity index is 74.5. The summed E-state index contributed by atoms with van der Waals surface area (Å²) in [5.41, 5.74) is 0. The van der Waals surface area contributed by atoms with Crippen molar-refractivity contribution in [3.63, 3.8) is 0 Å². The lowest BCUT2D eigenvalue weighted by Gasteiger charge is -1.96. The highest BCUT2D eigenvalue weighted by Gasteiger charge is 1.80. The van der Waals surface area contributed by atoms with Crippen LogP contribution in [0.1, 0.15) is 32.6 Å². The van der Waals surface area contributed by atoms with Gasteiger partial charge < -0.3 is 20.1 Å². The van der Waals surface area contributed by atoms with Crippen molar-refractivity contribution >= 4 is 6.16 Å². The van der Waals surface area contributed by atoms with E-state index < -0.39 is 6.16 Å². The van der Waals surface area contributed by atoms with Crippen LogP contribution in [0.15, 0.2) is 0 Å². The van der Waals surface area contributed by atoms with Gasteiger partial charge in [-0.05, 0) is 12.6 Å². The first-order valence-electron chi connectivity index (χ1n) is 3.64. The predicted molar refractivity (Wildman–Crippen MR) is 36.6 cm³/mol. The third-order valence-corrected chi connectivity index (χ3v) is 1.01. The number of carbonyl (C=O) groups excluding carboxylic acids is 1. The van der Waals surface area contributed by atoms with Gasteiger partial charge in [0.2, 0.25) is 0 Å². The first kappa shape index (κ1) is 12.9. The highest BCUT2D eigenvalue weighted by atomic mass is 16.6. The second-order valence-electron chi connectivity index (χ2n) is 2.03. The van der Waals surface area contributed by atoms with Crippen LogP contribution in [-0.4, -0.2) is 17.9 Å². The third-order valence-electron chi connectivity index (χ3n) is 1.01. The molecular formula is C7H14O4-2. The van der Waals surface area contributed by atoms with Crippen molar-refractivity contribution in [2.45, 2.75) is 32.6 Å². The Labute approximate surface area is 66.5 Å². The standard InChI is InChI=1S/C6H14O.CH2O3/c1-2-3-4-5-6-7;2-1(3)4/h7H,2-6H2,1H3;(H2,2,3,4)/p-2. The molecule has 0 fully saturated rings. The number of unbranched alkanes of at least 4 members (excludes halogenated alkanes) is 3. The summed E-state index contributed by atoms with van der Waals surface area (Å²) >= 11 is 0. The van der Waals surface area contributed by atoms with Gasteiger partial charge in [0, 0.05) is 6.61 Å². The number of hydrogen-bond acceptors (Lipinski definition) is 4. The molecule has 0 rings (SSSR count). The maximum Gasteiger partial charge on any atom is 0.0431 e. The predicted octanol–water partition coefficient (Wildman–Crippen LogP) is -0.888. The maximum absolute atomic E-state index is 8.33. The van der Waals surface area contributed by atoms with Gasteiger partial charge >= 0.3 is 0 Å². The number of aliphatic hydroxyl groups excluding tert-OH is 1. The molecule has 4 heteroatoms. The lowest BCUT2D eigenvalue weighted by molar-refractivity contribution is -0.415. The van der Waals surface area contributed by atoms with E-state index in [0.717, 1.165) is 6.42 Å². The van der Waals surface area contributed by atoms with Crippen LogP contribution in [0.3, 0.4) is 0 Å². The smallest absolute Gasteiger partial charge is 0.0431 e. The van der Waals surface area contributed by atoms with Crippen LogP contribution in [0.25, 0.3) is 0 Å². The second kappa shape index (κ2) is 12.0. The summed E-state index contributed by atoms with van der Waals surface area (Å²) in [5, 5.41) is 25.0. The summed E-state index contributed by atoms with van der Waals surface area (Å²) in [4.78, 5) is 8.33. The molecule has 0 saturated heterocycles. The molecule has 0 radical (unpaired) electrons. The quantitative estimate of drug-likeness (QED) is 0.543. The highest BCUT2D eigenvalue weighted by molar-refractivity contribution is 5.47. The Morgan fingerprint density at radius 1 is 1.27 bits per heavy atom. The molecule has 4 nitrogen and oxygen atoms in total. The minimum absolute atomic E-state index is 0.361. The summed E-state index contributed by atoms with van der Waals surface area (Å²) in [6.07, 6.45) is 2.35. The Balaban J connectivity index is 0. The van der Waals surface area contributed by atoms with E-state index in [1.165, 1.54) is 19.3 Å². The molecule has 0 heterocycles. The third kappa shape index (κ3) is 46.2. The SMILES string of the molecule is CCCCCCO.O=C([O-])[O-]. The average Bonchev–Trinajstić information content (AvgIpc) is 1.88. The number of hydrogen-bond donors (Lipinski definition) is 1. The molecular weight excluding hydrogens is 148 g/mol. The van der Waals surface area contributed by atoms with E-state index in [4.69, 9.17) is 20.1 Å². The molecule has 68 valence electrons. The molecule has 0 atom stereocenters. The number of carboxylic acid groups (broad SMARTS) is 2. The van der Waals surface area contributed by atoms with Gasteiger partial charge in [-0.1, -0.05) is 26.2 Å². The van der Waals surface area contributed by atoms with Gasteiger partial charge in [0.25, 0.3) is 0 Å². The van der Waals surface area contributed by atoms with Crippen LogP contribution >= 0.6 is 0 Å². The number of carbonyl (C=O) groups is 1. The normalized spacial score (nSPS) is 8.18. The maximum atomic E-state index is 8.33. The van der Waals surface area contributed by atoms with Gasteiger partial charge in [-0.3, -0.25) is 0 Å². The summed E-state index contributed by atoms with van der Waals surface area (Å²) in [7, 11) is 0. The molecule has 0 bridgehead atoms. The van der Waals surface area contributed by atoms with Crippen molar-refractivity contribution in [2.24, 2.45) is 0 Å². The number of rotatable bonds is 4. The lowest BCUT2D eigenvalue weighted by atomic mass is 10.2. The van der Waals surface area contributed by atoms with E-state index in [9.17, 15) is 0 Å². The fraction of sp³-hybridized carbons (Fsp3) is 0.857. The molecule has 1 N–H and O–H groups in total. The second-order valence-corrected chi connectivity index (χ2v) is 2.03. The van der Waals surface area contributed by atoms with Crippen molar-refractivity contribution in [1.82, 2.24) is 0 Å². The van der Waals surface area contributed by atoms with E-state index in [1.807, 2.05) is 0 Å². The molecule has 0 saturated carbocycles. The zero-order chi connectivity index (χ0) is 9.11. The van der Waals surface area contributed by atoms with Gasteiger partial charge in [0.05, 0.1) is 0 Å². The van der Waals surface area contributed by atoms with E-state index in [1.54, 1.807) is 0 Å². The molecule has 11 heavy (non-hydrogen) atoms. The zero-order valence-electron chi connectivity index (χ0n) is 6.71. The van der Waals surface area contributed by atoms with Gasteiger partial charge in [-0.25, -0.2) is 0 Å². The van der Waals surface area contributed by atoms with Crippen LogP contribution < -0.4 is 10.2 Å². The van der Waals surface area contributed by atoms with Crippen molar-refractivity contribution in [3.05, 3.63) is 0 Å². The van der Waals surface area contributed by atoms with Crippen molar-refractivity contribution in [1.29, 1.82) is 0 Å². The Kier molecular flexibility index (Phi) is 14.0. The molecule has 0 aromatic rings. The van der Waals surface area contributed by atoms with E-state index in [2.05, 4.69) is 6.92 Å². The topological polar surface area (TPSA) is 83.4 Å². The van der Waals surface area contributed by atoms with Crippen LogP contribution in [0.5, 0.6) is 0 Å². The fourth-order valence-electron chi connectivity index (χ4n) is 0.539. The monoisotopic (exact) mass is 162 g/mol. The van der Waals surface area contributed by atoms with Gasteiger partial charge in [0.15, 0.2) is 0 Å². The Morgan fingerprint density at radius 3 is 2.00 bits per heavy atom. The summed E-state index contributed by atoms with van der Waals surface area (Å²) in [6.45, 7) is 2.53. The Morgan fingerprint density at radius 2 is 1.73 bits per heavy atom. The van der Waals surface area contributed by atoms with E-state index in [0.29, 0.717) is 6.61 Å². The zero-order valence-corrected chi connectivity index (χ0v) is 6.71. The summed E-state index contributed by atoms with van der Waals surface area (Å²) < 4.78 is 0. The first-order chi connectivity index (χ1) is 5.15. The summed E-state index contributed by atoms with van der Waals surface area (Å²) in [5.74, 6) is 0. The molecule has 0 aliphatic carbocycles. The minimum atomic E-state index is -2.33. The average molecular weight is 162 g/mol. The van der Waals surface area contributed by atoms with Crippen LogP contribution in [0.2, 0.25) is 0 Å². The van der Waals surface area contributed by atoms with Crippen LogP contribution in [-0.2, 0) is 0 Å². The Hall–Kier alpha value is -0.770. The van der Waals surface area contributed by atoms with Gasteiger partial charge in [-0.15, -0.1) is 0 Å². The molecule has 0 aromatic carbocycles.